The molecule has 0 aliphatic carbocycles. The quantitative estimate of drug-likeness (QED) is 0.783. The normalized spacial score (nSPS) is 19.4. The topological polar surface area (TPSA) is 70.0 Å². The van der Waals surface area contributed by atoms with Crippen LogP contribution in [0.5, 0.6) is 0 Å². The zero-order valence-electron chi connectivity index (χ0n) is 13.5. The lowest BCUT2D eigenvalue weighted by atomic mass is 9.79. The van der Waals surface area contributed by atoms with Crippen molar-refractivity contribution in [2.24, 2.45) is 0 Å². The number of aryl methyl sites for hydroxylation is 1. The lowest BCUT2D eigenvalue weighted by molar-refractivity contribution is 0.00578. The van der Waals surface area contributed by atoms with Crippen LogP contribution in [0.25, 0.3) is 11.4 Å². The molecule has 0 amide bonds. The third kappa shape index (κ3) is 2.62. The summed E-state index contributed by atoms with van der Waals surface area (Å²) in [5.74, 6) is 1.06. The zero-order valence-corrected chi connectivity index (χ0v) is 13.5. The molecule has 1 aromatic heterocycles. The molecule has 1 aliphatic heterocycles. The SMILES string of the molecule is Cc1nnc(-c2ccc(B3OC(C)(C)C(C)(C)O3)cc2)nn1. The summed E-state index contributed by atoms with van der Waals surface area (Å²) in [6, 6.07) is 7.77. The Labute approximate surface area is 130 Å². The first kappa shape index (κ1) is 15.1. The van der Waals surface area contributed by atoms with Crippen LogP contribution in [-0.4, -0.2) is 38.7 Å². The standard InChI is InChI=1S/C15H19BN4O2/c1-10-17-19-13(20-18-10)11-6-8-12(9-7-11)16-21-14(2,3)15(4,5)22-16/h6-9H,1-5H3. The van der Waals surface area contributed by atoms with Crippen molar-refractivity contribution >= 4 is 12.6 Å². The highest BCUT2D eigenvalue weighted by Gasteiger charge is 2.51. The molecule has 114 valence electrons. The van der Waals surface area contributed by atoms with E-state index in [1.54, 1.807) is 6.92 Å². The molecule has 0 N–H and O–H groups in total. The van der Waals surface area contributed by atoms with Crippen LogP contribution in [0.15, 0.2) is 24.3 Å². The van der Waals surface area contributed by atoms with Gasteiger partial charge in [0.15, 0.2) is 5.82 Å². The largest absolute Gasteiger partial charge is 0.494 e. The molecule has 0 radical (unpaired) electrons. The first-order chi connectivity index (χ1) is 10.3. The molecule has 0 unspecified atom stereocenters. The first-order valence-electron chi connectivity index (χ1n) is 7.28. The van der Waals surface area contributed by atoms with Crippen molar-refractivity contribution in [3.63, 3.8) is 0 Å². The lowest BCUT2D eigenvalue weighted by Crippen LogP contribution is -2.41. The van der Waals surface area contributed by atoms with Crippen molar-refractivity contribution in [1.29, 1.82) is 0 Å². The minimum Gasteiger partial charge on any atom is -0.399 e. The van der Waals surface area contributed by atoms with Gasteiger partial charge in [-0.3, -0.25) is 0 Å². The molecule has 6 nitrogen and oxygen atoms in total. The van der Waals surface area contributed by atoms with Crippen molar-refractivity contribution in [2.45, 2.75) is 45.8 Å². The fourth-order valence-electron chi connectivity index (χ4n) is 2.16. The molecule has 2 aromatic rings. The summed E-state index contributed by atoms with van der Waals surface area (Å²) in [5, 5.41) is 15.9. The van der Waals surface area contributed by atoms with Crippen LogP contribution in [0.3, 0.4) is 0 Å². The highest BCUT2D eigenvalue weighted by molar-refractivity contribution is 6.62. The van der Waals surface area contributed by atoms with Gasteiger partial charge in [0, 0.05) is 5.56 Å². The van der Waals surface area contributed by atoms with Crippen LogP contribution in [0, 0.1) is 6.92 Å². The van der Waals surface area contributed by atoms with Crippen molar-refractivity contribution in [2.75, 3.05) is 0 Å². The van der Waals surface area contributed by atoms with Gasteiger partial charge in [-0.25, -0.2) is 0 Å². The Balaban J connectivity index is 1.82. The van der Waals surface area contributed by atoms with Crippen molar-refractivity contribution in [3.8, 4) is 11.4 Å². The maximum absolute atomic E-state index is 6.03. The van der Waals surface area contributed by atoms with Crippen LogP contribution in [-0.2, 0) is 9.31 Å². The molecule has 7 heteroatoms. The number of aromatic nitrogens is 4. The summed E-state index contributed by atoms with van der Waals surface area (Å²) in [7, 11) is -0.366. The smallest absolute Gasteiger partial charge is 0.399 e. The van der Waals surface area contributed by atoms with Gasteiger partial charge < -0.3 is 9.31 Å². The van der Waals surface area contributed by atoms with E-state index >= 15 is 0 Å². The van der Waals surface area contributed by atoms with Crippen LogP contribution in [0.4, 0.5) is 0 Å². The van der Waals surface area contributed by atoms with Crippen LogP contribution in [0.2, 0.25) is 0 Å². The van der Waals surface area contributed by atoms with E-state index in [1.165, 1.54) is 0 Å². The Morgan fingerprint density at radius 1 is 0.818 bits per heavy atom. The average Bonchev–Trinajstić information content (AvgIpc) is 2.68. The van der Waals surface area contributed by atoms with E-state index in [0.717, 1.165) is 11.0 Å². The van der Waals surface area contributed by atoms with Crippen LogP contribution < -0.4 is 5.46 Å². The van der Waals surface area contributed by atoms with E-state index in [1.807, 2.05) is 52.0 Å². The molecule has 1 saturated heterocycles. The van der Waals surface area contributed by atoms with Crippen molar-refractivity contribution in [3.05, 3.63) is 30.1 Å². The van der Waals surface area contributed by atoms with Gasteiger partial charge in [0.05, 0.1) is 11.2 Å². The van der Waals surface area contributed by atoms with Gasteiger partial charge in [0.25, 0.3) is 0 Å². The Morgan fingerprint density at radius 2 is 1.32 bits per heavy atom. The fraction of sp³-hybridized carbons (Fsp3) is 0.467. The molecular weight excluding hydrogens is 279 g/mol. The van der Waals surface area contributed by atoms with Crippen LogP contribution >= 0.6 is 0 Å². The second kappa shape index (κ2) is 5.10. The summed E-state index contributed by atoms with van der Waals surface area (Å²) in [6.45, 7) is 9.92. The summed E-state index contributed by atoms with van der Waals surface area (Å²) >= 11 is 0. The Kier molecular flexibility index (Phi) is 3.49. The molecule has 0 atom stereocenters. The van der Waals surface area contributed by atoms with Gasteiger partial charge >= 0.3 is 7.12 Å². The van der Waals surface area contributed by atoms with Crippen molar-refractivity contribution in [1.82, 2.24) is 20.4 Å². The highest BCUT2D eigenvalue weighted by atomic mass is 16.7. The molecule has 1 aliphatic rings. The molecule has 1 fully saturated rings. The summed E-state index contributed by atoms with van der Waals surface area (Å²) in [4.78, 5) is 0. The third-order valence-corrected chi connectivity index (χ3v) is 4.27. The van der Waals surface area contributed by atoms with E-state index in [2.05, 4.69) is 20.4 Å². The molecule has 3 rings (SSSR count). The van der Waals surface area contributed by atoms with Gasteiger partial charge in [-0.15, -0.1) is 20.4 Å². The van der Waals surface area contributed by atoms with Gasteiger partial charge in [-0.1, -0.05) is 24.3 Å². The highest BCUT2D eigenvalue weighted by Crippen LogP contribution is 2.36. The molecule has 0 bridgehead atoms. The predicted octanol–water partition coefficient (Wildman–Crippen LogP) is 1.54. The lowest BCUT2D eigenvalue weighted by Gasteiger charge is -2.32. The summed E-state index contributed by atoms with van der Waals surface area (Å²) in [5.41, 5.74) is 1.14. The third-order valence-electron chi connectivity index (χ3n) is 4.27. The summed E-state index contributed by atoms with van der Waals surface area (Å²) < 4.78 is 12.1. The number of benzene rings is 1. The Hall–Kier alpha value is -1.86. The molecule has 0 spiro atoms. The maximum atomic E-state index is 6.03. The molecule has 1 aromatic carbocycles. The predicted molar refractivity (Wildman–Crippen MR) is 83.5 cm³/mol. The second-order valence-electron chi connectivity index (χ2n) is 6.48. The minimum atomic E-state index is -0.366. The van der Waals surface area contributed by atoms with Gasteiger partial charge in [0.1, 0.15) is 0 Å². The van der Waals surface area contributed by atoms with E-state index in [4.69, 9.17) is 9.31 Å². The van der Waals surface area contributed by atoms with E-state index in [-0.39, 0.29) is 18.3 Å². The number of hydrogen-bond acceptors (Lipinski definition) is 6. The maximum Gasteiger partial charge on any atom is 0.494 e. The van der Waals surface area contributed by atoms with Crippen LogP contribution in [0.1, 0.15) is 33.5 Å². The molecule has 0 saturated carbocycles. The average molecular weight is 298 g/mol. The minimum absolute atomic E-state index is 0.343. The fourth-order valence-corrected chi connectivity index (χ4v) is 2.16. The zero-order chi connectivity index (χ0) is 16.0. The molecule has 2 heterocycles. The second-order valence-corrected chi connectivity index (χ2v) is 6.48. The molecular formula is C15H19BN4O2. The number of hydrogen-bond donors (Lipinski definition) is 0. The Morgan fingerprint density at radius 3 is 1.82 bits per heavy atom. The van der Waals surface area contributed by atoms with Gasteiger partial charge in [-0.2, -0.15) is 0 Å². The van der Waals surface area contributed by atoms with E-state index in [9.17, 15) is 0 Å². The van der Waals surface area contributed by atoms with E-state index < -0.39 is 0 Å². The summed E-state index contributed by atoms with van der Waals surface area (Å²) in [6.07, 6.45) is 0. The van der Waals surface area contributed by atoms with Crippen molar-refractivity contribution < 1.29 is 9.31 Å². The van der Waals surface area contributed by atoms with E-state index in [0.29, 0.717) is 11.6 Å². The number of rotatable bonds is 2. The van der Waals surface area contributed by atoms with Gasteiger partial charge in [0.2, 0.25) is 5.82 Å². The number of nitrogens with zero attached hydrogens (tertiary/aromatic N) is 4. The monoisotopic (exact) mass is 298 g/mol. The molecule has 22 heavy (non-hydrogen) atoms. The van der Waals surface area contributed by atoms with Gasteiger partial charge in [-0.05, 0) is 40.1 Å². The first-order valence-corrected chi connectivity index (χ1v) is 7.28. The Bertz CT molecular complexity index is 655.